The van der Waals surface area contributed by atoms with Crippen molar-refractivity contribution in [2.45, 2.75) is 19.3 Å². The van der Waals surface area contributed by atoms with Crippen LogP contribution < -0.4 is 4.90 Å². The second-order valence-electron chi connectivity index (χ2n) is 5.28. The van der Waals surface area contributed by atoms with Gasteiger partial charge in [-0.05, 0) is 31.0 Å². The Bertz CT molecular complexity index is 652. The number of hydrogen-bond acceptors (Lipinski definition) is 3. The molecule has 1 heterocycles. The fourth-order valence-corrected chi connectivity index (χ4v) is 3.13. The SMILES string of the molecule is O=C1C2CCCC2C(=O)N1c1ccc(F)c(C#CCO)c1. The zero-order valence-corrected chi connectivity index (χ0v) is 11.3. The number of imide groups is 1. The third-order valence-electron chi connectivity index (χ3n) is 4.10. The number of halogens is 1. The molecule has 1 aromatic rings. The fraction of sp³-hybridized carbons (Fsp3) is 0.375. The maximum atomic E-state index is 13.6. The largest absolute Gasteiger partial charge is 0.384 e. The number of anilines is 1. The summed E-state index contributed by atoms with van der Waals surface area (Å²) in [6.45, 7) is -0.380. The molecule has 2 amide bonds. The number of carbonyl (C=O) groups is 2. The summed E-state index contributed by atoms with van der Waals surface area (Å²) >= 11 is 0. The molecule has 1 saturated heterocycles. The predicted molar refractivity (Wildman–Crippen MR) is 73.7 cm³/mol. The van der Waals surface area contributed by atoms with Gasteiger partial charge < -0.3 is 5.11 Å². The van der Waals surface area contributed by atoms with Gasteiger partial charge in [0.25, 0.3) is 0 Å². The molecular formula is C16H14FNO3. The number of carbonyl (C=O) groups excluding carboxylic acids is 2. The fourth-order valence-electron chi connectivity index (χ4n) is 3.13. The zero-order valence-electron chi connectivity index (χ0n) is 11.3. The number of fused-ring (bicyclic) bond motifs is 1. The quantitative estimate of drug-likeness (QED) is 0.628. The molecular weight excluding hydrogens is 273 g/mol. The first-order valence-corrected chi connectivity index (χ1v) is 6.90. The lowest BCUT2D eigenvalue weighted by atomic mass is 10.00. The smallest absolute Gasteiger partial charge is 0.237 e. The average Bonchev–Trinajstić information content (AvgIpc) is 3.04. The standard InChI is InChI=1S/C16H14FNO3/c17-14-7-6-11(9-10(14)3-2-8-19)18-15(20)12-4-1-5-13(12)16(18)21/h6-7,9,12-13,19H,1,4-5,8H2. The minimum Gasteiger partial charge on any atom is -0.384 e. The van der Waals surface area contributed by atoms with E-state index in [0.717, 1.165) is 24.2 Å². The van der Waals surface area contributed by atoms with Crippen LogP contribution in [0.4, 0.5) is 10.1 Å². The Morgan fingerprint density at radius 2 is 1.90 bits per heavy atom. The molecule has 108 valence electrons. The number of nitrogens with zero attached hydrogens (tertiary/aromatic N) is 1. The Labute approximate surface area is 121 Å². The molecule has 5 heteroatoms. The first-order valence-electron chi connectivity index (χ1n) is 6.90. The van der Waals surface area contributed by atoms with Crippen molar-refractivity contribution in [1.82, 2.24) is 0 Å². The number of aliphatic hydroxyl groups excluding tert-OH is 1. The molecule has 2 unspecified atom stereocenters. The van der Waals surface area contributed by atoms with E-state index in [1.807, 2.05) is 0 Å². The summed E-state index contributed by atoms with van der Waals surface area (Å²) in [6, 6.07) is 3.98. The molecule has 1 saturated carbocycles. The zero-order chi connectivity index (χ0) is 15.0. The Morgan fingerprint density at radius 3 is 2.52 bits per heavy atom. The maximum Gasteiger partial charge on any atom is 0.237 e. The van der Waals surface area contributed by atoms with Crippen molar-refractivity contribution in [1.29, 1.82) is 0 Å². The van der Waals surface area contributed by atoms with Crippen LogP contribution in [0.1, 0.15) is 24.8 Å². The summed E-state index contributed by atoms with van der Waals surface area (Å²) in [5.41, 5.74) is 0.419. The minimum atomic E-state index is -0.543. The van der Waals surface area contributed by atoms with Crippen LogP contribution in [0.3, 0.4) is 0 Å². The van der Waals surface area contributed by atoms with Crippen LogP contribution in [0.25, 0.3) is 0 Å². The van der Waals surface area contributed by atoms with Crippen molar-refractivity contribution in [2.24, 2.45) is 11.8 Å². The molecule has 2 aliphatic rings. The lowest BCUT2D eigenvalue weighted by Gasteiger charge is -2.16. The van der Waals surface area contributed by atoms with E-state index in [4.69, 9.17) is 5.11 Å². The summed E-state index contributed by atoms with van der Waals surface area (Å²) < 4.78 is 13.6. The molecule has 3 rings (SSSR count). The Hall–Kier alpha value is -2.19. The van der Waals surface area contributed by atoms with Crippen LogP contribution >= 0.6 is 0 Å². The molecule has 21 heavy (non-hydrogen) atoms. The topological polar surface area (TPSA) is 57.6 Å². The first kappa shape index (κ1) is 13.8. The molecule has 4 nitrogen and oxygen atoms in total. The Balaban J connectivity index is 1.97. The summed E-state index contributed by atoms with van der Waals surface area (Å²) in [4.78, 5) is 25.8. The summed E-state index contributed by atoms with van der Waals surface area (Å²) in [7, 11) is 0. The van der Waals surface area contributed by atoms with Crippen LogP contribution in [0.2, 0.25) is 0 Å². The number of benzene rings is 1. The normalized spacial score (nSPS) is 24.0. The Kier molecular flexibility index (Phi) is 3.48. The van der Waals surface area contributed by atoms with Crippen molar-refractivity contribution >= 4 is 17.5 Å². The van der Waals surface area contributed by atoms with Gasteiger partial charge >= 0.3 is 0 Å². The van der Waals surface area contributed by atoms with Crippen LogP contribution in [0.15, 0.2) is 18.2 Å². The number of aliphatic hydroxyl groups is 1. The molecule has 1 aliphatic carbocycles. The summed E-state index contributed by atoms with van der Waals surface area (Å²) in [6.07, 6.45) is 2.38. The minimum absolute atomic E-state index is 0.0687. The molecule has 2 fully saturated rings. The van der Waals surface area contributed by atoms with Crippen LogP contribution in [0, 0.1) is 29.5 Å². The number of hydrogen-bond donors (Lipinski definition) is 1. The lowest BCUT2D eigenvalue weighted by Crippen LogP contribution is -2.31. The van der Waals surface area contributed by atoms with E-state index in [1.54, 1.807) is 0 Å². The molecule has 0 radical (unpaired) electrons. The van der Waals surface area contributed by atoms with Crippen LogP contribution in [0.5, 0.6) is 0 Å². The second kappa shape index (κ2) is 5.30. The monoisotopic (exact) mass is 287 g/mol. The van der Waals surface area contributed by atoms with Gasteiger partial charge in [0.2, 0.25) is 11.8 Å². The van der Waals surface area contributed by atoms with Gasteiger partial charge in [-0.3, -0.25) is 14.5 Å². The third kappa shape index (κ3) is 2.22. The summed E-state index contributed by atoms with van der Waals surface area (Å²) in [5, 5.41) is 8.68. The van der Waals surface area contributed by atoms with Crippen LogP contribution in [-0.2, 0) is 9.59 Å². The van der Waals surface area contributed by atoms with Gasteiger partial charge in [0, 0.05) is 0 Å². The van der Waals surface area contributed by atoms with Gasteiger partial charge in [-0.2, -0.15) is 0 Å². The predicted octanol–water partition coefficient (Wildman–Crippen LogP) is 1.46. The van der Waals surface area contributed by atoms with E-state index in [0.29, 0.717) is 5.69 Å². The van der Waals surface area contributed by atoms with E-state index in [9.17, 15) is 14.0 Å². The van der Waals surface area contributed by atoms with E-state index < -0.39 is 5.82 Å². The van der Waals surface area contributed by atoms with Crippen molar-refractivity contribution < 1.29 is 19.1 Å². The molecule has 1 N–H and O–H groups in total. The molecule has 1 aliphatic heterocycles. The highest BCUT2D eigenvalue weighted by atomic mass is 19.1. The van der Waals surface area contributed by atoms with Gasteiger partial charge in [0.1, 0.15) is 12.4 Å². The van der Waals surface area contributed by atoms with E-state index >= 15 is 0 Å². The van der Waals surface area contributed by atoms with E-state index in [-0.39, 0.29) is 35.8 Å². The molecule has 2 atom stereocenters. The van der Waals surface area contributed by atoms with Gasteiger partial charge in [-0.1, -0.05) is 18.3 Å². The highest BCUT2D eigenvalue weighted by Crippen LogP contribution is 2.41. The molecule has 1 aromatic carbocycles. The first-order chi connectivity index (χ1) is 10.1. The average molecular weight is 287 g/mol. The van der Waals surface area contributed by atoms with Crippen molar-refractivity contribution in [3.8, 4) is 11.8 Å². The lowest BCUT2D eigenvalue weighted by molar-refractivity contribution is -0.122. The van der Waals surface area contributed by atoms with Crippen molar-refractivity contribution in [2.75, 3.05) is 11.5 Å². The van der Waals surface area contributed by atoms with E-state index in [2.05, 4.69) is 11.8 Å². The van der Waals surface area contributed by atoms with Gasteiger partial charge in [-0.15, -0.1) is 0 Å². The number of rotatable bonds is 1. The van der Waals surface area contributed by atoms with Gasteiger partial charge in [0.15, 0.2) is 0 Å². The van der Waals surface area contributed by atoms with Crippen molar-refractivity contribution in [3.63, 3.8) is 0 Å². The molecule has 0 bridgehead atoms. The van der Waals surface area contributed by atoms with E-state index in [1.165, 1.54) is 18.2 Å². The van der Waals surface area contributed by atoms with Crippen molar-refractivity contribution in [3.05, 3.63) is 29.6 Å². The van der Waals surface area contributed by atoms with Crippen LogP contribution in [-0.4, -0.2) is 23.5 Å². The van der Waals surface area contributed by atoms with Gasteiger partial charge in [-0.25, -0.2) is 4.39 Å². The number of amides is 2. The Morgan fingerprint density at radius 1 is 1.24 bits per heavy atom. The highest BCUT2D eigenvalue weighted by Gasteiger charge is 2.50. The molecule has 0 aromatic heterocycles. The second-order valence-corrected chi connectivity index (χ2v) is 5.28. The van der Waals surface area contributed by atoms with Gasteiger partial charge in [0.05, 0.1) is 23.1 Å². The highest BCUT2D eigenvalue weighted by molar-refractivity contribution is 6.22. The third-order valence-corrected chi connectivity index (χ3v) is 4.10. The maximum absolute atomic E-state index is 13.6. The summed E-state index contributed by atoms with van der Waals surface area (Å²) in [5.74, 6) is 3.45. The molecule has 0 spiro atoms.